The molecule has 0 aliphatic rings. The third-order valence-electron chi connectivity index (χ3n) is 4.02. The first-order valence-corrected chi connectivity index (χ1v) is 10.6. The van der Waals surface area contributed by atoms with Crippen LogP contribution in [-0.2, 0) is 14.8 Å². The number of Topliss-reactive ketones (excluding diaryl/α,β-unsaturated/α-hetero) is 1. The highest BCUT2D eigenvalue weighted by Crippen LogP contribution is 2.27. The highest BCUT2D eigenvalue weighted by atomic mass is 35.5. The van der Waals surface area contributed by atoms with E-state index in [1.165, 1.54) is 19.1 Å². The molecule has 1 atom stereocenters. The number of benzene rings is 2. The third-order valence-corrected chi connectivity index (χ3v) is 5.49. The first kappa shape index (κ1) is 21.8. The fourth-order valence-electron chi connectivity index (χ4n) is 2.72. The SMILES string of the molecule is CC[C@H](C(=O)Nc1cccc(C(C)=O)c1)N(c1ccc(F)c(Cl)c1)S(C)(=O)=O. The van der Waals surface area contributed by atoms with Gasteiger partial charge in [-0.25, -0.2) is 12.8 Å². The van der Waals surface area contributed by atoms with Crippen LogP contribution in [0.15, 0.2) is 42.5 Å². The number of carbonyl (C=O) groups excluding carboxylic acids is 2. The summed E-state index contributed by atoms with van der Waals surface area (Å²) in [6, 6.07) is 8.66. The van der Waals surface area contributed by atoms with Crippen LogP contribution in [0.3, 0.4) is 0 Å². The molecule has 0 saturated carbocycles. The predicted octanol–water partition coefficient (Wildman–Crippen LogP) is 3.87. The number of nitrogens with zero attached hydrogens (tertiary/aromatic N) is 1. The molecular formula is C19H20ClFN2O4S. The lowest BCUT2D eigenvalue weighted by Crippen LogP contribution is -2.47. The van der Waals surface area contributed by atoms with E-state index in [1.807, 2.05) is 0 Å². The highest BCUT2D eigenvalue weighted by Gasteiger charge is 2.32. The number of hydrogen-bond acceptors (Lipinski definition) is 4. The van der Waals surface area contributed by atoms with E-state index in [0.29, 0.717) is 11.3 Å². The summed E-state index contributed by atoms with van der Waals surface area (Å²) in [5.41, 5.74) is 0.853. The Bertz CT molecular complexity index is 1010. The smallest absolute Gasteiger partial charge is 0.248 e. The normalized spacial score (nSPS) is 12.3. The van der Waals surface area contributed by atoms with E-state index in [9.17, 15) is 22.4 Å². The number of sulfonamides is 1. The summed E-state index contributed by atoms with van der Waals surface area (Å²) < 4.78 is 39.2. The first-order chi connectivity index (χ1) is 13.0. The molecule has 0 heterocycles. The lowest BCUT2D eigenvalue weighted by Gasteiger charge is -2.30. The Morgan fingerprint density at radius 2 is 1.89 bits per heavy atom. The first-order valence-electron chi connectivity index (χ1n) is 8.41. The van der Waals surface area contributed by atoms with Crippen LogP contribution in [0.5, 0.6) is 0 Å². The van der Waals surface area contributed by atoms with Gasteiger partial charge in [-0.05, 0) is 43.7 Å². The van der Waals surface area contributed by atoms with Crippen molar-refractivity contribution in [2.75, 3.05) is 15.9 Å². The van der Waals surface area contributed by atoms with Crippen molar-refractivity contribution in [3.63, 3.8) is 0 Å². The molecule has 0 aliphatic carbocycles. The van der Waals surface area contributed by atoms with E-state index in [0.717, 1.165) is 22.7 Å². The minimum Gasteiger partial charge on any atom is -0.324 e. The van der Waals surface area contributed by atoms with Crippen LogP contribution in [0.1, 0.15) is 30.6 Å². The van der Waals surface area contributed by atoms with Crippen molar-refractivity contribution in [1.29, 1.82) is 0 Å². The summed E-state index contributed by atoms with van der Waals surface area (Å²) in [7, 11) is -3.88. The van der Waals surface area contributed by atoms with Crippen LogP contribution < -0.4 is 9.62 Å². The molecule has 0 aromatic heterocycles. The zero-order valence-electron chi connectivity index (χ0n) is 15.6. The molecule has 2 aromatic carbocycles. The molecule has 150 valence electrons. The van der Waals surface area contributed by atoms with E-state index >= 15 is 0 Å². The summed E-state index contributed by atoms with van der Waals surface area (Å²) in [5.74, 6) is -1.45. The Balaban J connectivity index is 2.40. The summed E-state index contributed by atoms with van der Waals surface area (Å²) in [5, 5.41) is 2.38. The van der Waals surface area contributed by atoms with Gasteiger partial charge < -0.3 is 5.32 Å². The monoisotopic (exact) mass is 426 g/mol. The molecule has 0 unspecified atom stereocenters. The maximum absolute atomic E-state index is 13.5. The van der Waals surface area contributed by atoms with Crippen molar-refractivity contribution in [1.82, 2.24) is 0 Å². The van der Waals surface area contributed by atoms with Crippen molar-refractivity contribution in [3.05, 3.63) is 58.9 Å². The molecule has 0 saturated heterocycles. The maximum atomic E-state index is 13.5. The number of carbonyl (C=O) groups is 2. The number of amides is 1. The van der Waals surface area contributed by atoms with Crippen LogP contribution in [0.4, 0.5) is 15.8 Å². The maximum Gasteiger partial charge on any atom is 0.248 e. The van der Waals surface area contributed by atoms with Gasteiger partial charge in [-0.1, -0.05) is 30.7 Å². The Labute approximate surface area is 168 Å². The van der Waals surface area contributed by atoms with Crippen LogP contribution in [0.25, 0.3) is 0 Å². The highest BCUT2D eigenvalue weighted by molar-refractivity contribution is 7.92. The lowest BCUT2D eigenvalue weighted by atomic mass is 10.1. The largest absolute Gasteiger partial charge is 0.324 e. The summed E-state index contributed by atoms with van der Waals surface area (Å²) >= 11 is 5.78. The molecule has 2 rings (SSSR count). The Hall–Kier alpha value is -2.45. The number of ketones is 1. The van der Waals surface area contributed by atoms with Crippen LogP contribution in [0.2, 0.25) is 5.02 Å². The molecule has 2 aromatic rings. The van der Waals surface area contributed by atoms with Gasteiger partial charge >= 0.3 is 0 Å². The van der Waals surface area contributed by atoms with E-state index < -0.39 is 27.8 Å². The molecule has 28 heavy (non-hydrogen) atoms. The van der Waals surface area contributed by atoms with Crippen molar-refractivity contribution < 1.29 is 22.4 Å². The minimum atomic E-state index is -3.88. The van der Waals surface area contributed by atoms with Crippen molar-refractivity contribution in [3.8, 4) is 0 Å². The van der Waals surface area contributed by atoms with Crippen molar-refractivity contribution in [2.45, 2.75) is 26.3 Å². The minimum absolute atomic E-state index is 0.0772. The van der Waals surface area contributed by atoms with E-state index in [2.05, 4.69) is 5.32 Å². The Morgan fingerprint density at radius 1 is 1.21 bits per heavy atom. The summed E-state index contributed by atoms with van der Waals surface area (Å²) in [4.78, 5) is 24.3. The number of rotatable bonds is 7. The molecule has 0 spiro atoms. The number of halogens is 2. The second-order valence-corrected chi connectivity index (χ2v) is 8.47. The molecule has 0 radical (unpaired) electrons. The topological polar surface area (TPSA) is 83.6 Å². The molecule has 1 N–H and O–H groups in total. The molecular weight excluding hydrogens is 407 g/mol. The van der Waals surface area contributed by atoms with E-state index in [-0.39, 0.29) is 22.9 Å². The summed E-state index contributed by atoms with van der Waals surface area (Å²) in [6.07, 6.45) is 1.11. The molecule has 0 bridgehead atoms. The second-order valence-electron chi connectivity index (χ2n) is 6.21. The summed E-state index contributed by atoms with van der Waals surface area (Å²) in [6.45, 7) is 3.05. The van der Waals surface area contributed by atoms with Gasteiger partial charge in [0.05, 0.1) is 17.0 Å². The zero-order chi connectivity index (χ0) is 21.1. The fourth-order valence-corrected chi connectivity index (χ4v) is 4.10. The number of nitrogens with one attached hydrogen (secondary N) is 1. The standard InChI is InChI=1S/C19H20ClFN2O4S/c1-4-18(19(25)22-14-7-5-6-13(10-14)12(2)24)23(28(3,26)27)15-8-9-17(21)16(20)11-15/h5-11,18H,4H2,1-3H3,(H,22,25)/t18-/m1/s1. The van der Waals surface area contributed by atoms with Crippen molar-refractivity contribution in [2.24, 2.45) is 0 Å². The molecule has 6 nitrogen and oxygen atoms in total. The molecule has 9 heteroatoms. The number of anilines is 2. The average molecular weight is 427 g/mol. The van der Waals surface area contributed by atoms with Gasteiger partial charge in [-0.2, -0.15) is 0 Å². The Morgan fingerprint density at radius 3 is 2.43 bits per heavy atom. The lowest BCUT2D eigenvalue weighted by molar-refractivity contribution is -0.117. The van der Waals surface area contributed by atoms with Crippen molar-refractivity contribution >= 4 is 44.7 Å². The zero-order valence-corrected chi connectivity index (χ0v) is 17.1. The van der Waals surface area contributed by atoms with Gasteiger partial charge in [-0.3, -0.25) is 13.9 Å². The van der Waals surface area contributed by atoms with Crippen LogP contribution in [0, 0.1) is 5.82 Å². The van der Waals surface area contributed by atoms with E-state index in [1.54, 1.807) is 25.1 Å². The molecule has 1 amide bonds. The quantitative estimate of drug-likeness (QED) is 0.681. The van der Waals surface area contributed by atoms with Gasteiger partial charge in [0.25, 0.3) is 0 Å². The average Bonchev–Trinajstić information content (AvgIpc) is 2.61. The second kappa shape index (κ2) is 8.70. The van der Waals surface area contributed by atoms with Gasteiger partial charge in [-0.15, -0.1) is 0 Å². The Kier molecular flexibility index (Phi) is 6.79. The number of hydrogen-bond donors (Lipinski definition) is 1. The molecule has 0 aliphatic heterocycles. The molecule has 0 fully saturated rings. The van der Waals surface area contributed by atoms with Gasteiger partial charge in [0.15, 0.2) is 5.78 Å². The predicted molar refractivity (Wildman–Crippen MR) is 108 cm³/mol. The fraction of sp³-hybridized carbons (Fsp3) is 0.263. The van der Waals surface area contributed by atoms with Crippen LogP contribution >= 0.6 is 11.6 Å². The van der Waals surface area contributed by atoms with Crippen LogP contribution in [-0.4, -0.2) is 32.4 Å². The van der Waals surface area contributed by atoms with Gasteiger partial charge in [0, 0.05) is 11.3 Å². The van der Waals surface area contributed by atoms with E-state index in [4.69, 9.17) is 11.6 Å². The third kappa shape index (κ3) is 5.08. The van der Waals surface area contributed by atoms with Gasteiger partial charge in [0.1, 0.15) is 11.9 Å². The van der Waals surface area contributed by atoms with Gasteiger partial charge in [0.2, 0.25) is 15.9 Å².